The molecular weight excluding hydrogens is 501 g/mol. The minimum Gasteiger partial charge on any atom is -0.444 e. The zero-order chi connectivity index (χ0) is 20.1. The lowest BCUT2D eigenvalue weighted by atomic mass is 10.2. The molecule has 2 aromatic rings. The summed E-state index contributed by atoms with van der Waals surface area (Å²) in [6.07, 6.45) is 1.56. The molecule has 1 fully saturated rings. The van der Waals surface area contributed by atoms with Crippen molar-refractivity contribution in [1.29, 1.82) is 0 Å². The van der Waals surface area contributed by atoms with Gasteiger partial charge in [0, 0.05) is 39.1 Å². The van der Waals surface area contributed by atoms with Gasteiger partial charge in [0.25, 0.3) is 0 Å². The summed E-state index contributed by atoms with van der Waals surface area (Å²) >= 11 is 1.74. The normalized spacial score (nSPS) is 15.3. The maximum Gasteiger partial charge on any atom is 0.410 e. The van der Waals surface area contributed by atoms with E-state index in [1.165, 1.54) is 4.70 Å². The van der Waals surface area contributed by atoms with Crippen molar-refractivity contribution in [2.45, 2.75) is 39.2 Å². The molecule has 1 saturated heterocycles. The Morgan fingerprint density at radius 3 is 2.52 bits per heavy atom. The van der Waals surface area contributed by atoms with Crippen molar-refractivity contribution in [2.24, 2.45) is 10.7 Å². The summed E-state index contributed by atoms with van der Waals surface area (Å²) in [5, 5.41) is 1.14. The molecule has 160 valence electrons. The van der Waals surface area contributed by atoms with E-state index in [1.807, 2.05) is 43.9 Å². The number of nitrogens with two attached hydrogens (primary N) is 1. The van der Waals surface area contributed by atoms with Gasteiger partial charge in [0.1, 0.15) is 5.60 Å². The van der Waals surface area contributed by atoms with Gasteiger partial charge in [-0.25, -0.2) is 9.78 Å². The highest BCUT2D eigenvalue weighted by atomic mass is 127. The lowest BCUT2D eigenvalue weighted by molar-refractivity contribution is 0.0186. The molecule has 3 rings (SSSR count). The van der Waals surface area contributed by atoms with Crippen molar-refractivity contribution in [1.82, 2.24) is 14.8 Å². The van der Waals surface area contributed by atoms with Gasteiger partial charge in [-0.3, -0.25) is 4.99 Å². The average molecular weight is 531 g/mol. The second-order valence-corrected chi connectivity index (χ2v) is 8.99. The zero-order valence-electron chi connectivity index (χ0n) is 17.3. The van der Waals surface area contributed by atoms with Crippen molar-refractivity contribution < 1.29 is 9.53 Å². The SMILES string of the molecule is CC(C)(C)OC(=O)N1CCN(C(N)=NCCCc2nc3ccccc3s2)CC1.I. The number of hydrogen-bond donors (Lipinski definition) is 1. The Hall–Kier alpha value is -1.62. The quantitative estimate of drug-likeness (QED) is 0.282. The van der Waals surface area contributed by atoms with Crippen LogP contribution in [0, 0.1) is 0 Å². The molecule has 9 heteroatoms. The van der Waals surface area contributed by atoms with Crippen molar-refractivity contribution in [2.75, 3.05) is 32.7 Å². The second-order valence-electron chi connectivity index (χ2n) is 7.87. The van der Waals surface area contributed by atoms with Crippen LogP contribution in [0.5, 0.6) is 0 Å². The fraction of sp³-hybridized carbons (Fsp3) is 0.550. The number of guanidine groups is 1. The monoisotopic (exact) mass is 531 g/mol. The predicted molar refractivity (Wildman–Crippen MR) is 129 cm³/mol. The maximum absolute atomic E-state index is 12.1. The Kier molecular flexibility index (Phi) is 8.50. The number of amides is 1. The molecule has 1 aromatic heterocycles. The van der Waals surface area contributed by atoms with Gasteiger partial charge in [0.2, 0.25) is 0 Å². The van der Waals surface area contributed by atoms with Crippen LogP contribution in [0.2, 0.25) is 0 Å². The van der Waals surface area contributed by atoms with Crippen LogP contribution in [0.1, 0.15) is 32.2 Å². The number of ether oxygens (including phenoxy) is 1. The molecule has 0 saturated carbocycles. The molecule has 7 nitrogen and oxygen atoms in total. The number of benzene rings is 1. The van der Waals surface area contributed by atoms with Crippen LogP contribution in [-0.4, -0.2) is 65.2 Å². The second kappa shape index (κ2) is 10.4. The molecule has 0 aliphatic carbocycles. The Morgan fingerprint density at radius 1 is 1.21 bits per heavy atom. The first kappa shape index (κ1) is 23.7. The first-order valence-electron chi connectivity index (χ1n) is 9.69. The van der Waals surface area contributed by atoms with Gasteiger partial charge in [-0.05, 0) is 39.3 Å². The molecule has 2 N–H and O–H groups in total. The molecule has 1 aliphatic rings. The van der Waals surface area contributed by atoms with Gasteiger partial charge in [-0.1, -0.05) is 12.1 Å². The number of carbonyl (C=O) groups excluding carboxylic acids is 1. The maximum atomic E-state index is 12.1. The highest BCUT2D eigenvalue weighted by Gasteiger charge is 2.26. The van der Waals surface area contributed by atoms with Gasteiger partial charge < -0.3 is 20.3 Å². The lowest BCUT2D eigenvalue weighted by Crippen LogP contribution is -2.53. The number of para-hydroxylation sites is 1. The average Bonchev–Trinajstić information content (AvgIpc) is 3.06. The fourth-order valence-electron chi connectivity index (χ4n) is 3.00. The molecule has 1 aromatic carbocycles. The highest BCUT2D eigenvalue weighted by Crippen LogP contribution is 2.22. The summed E-state index contributed by atoms with van der Waals surface area (Å²) in [5.41, 5.74) is 6.73. The highest BCUT2D eigenvalue weighted by molar-refractivity contribution is 14.0. The topological polar surface area (TPSA) is 84.0 Å². The van der Waals surface area contributed by atoms with Crippen LogP contribution < -0.4 is 5.73 Å². The van der Waals surface area contributed by atoms with Crippen molar-refractivity contribution in [3.8, 4) is 0 Å². The van der Waals surface area contributed by atoms with Crippen LogP contribution >= 0.6 is 35.3 Å². The van der Waals surface area contributed by atoms with E-state index >= 15 is 0 Å². The first-order chi connectivity index (χ1) is 13.3. The smallest absolute Gasteiger partial charge is 0.410 e. The first-order valence-corrected chi connectivity index (χ1v) is 10.5. The molecule has 2 heterocycles. The predicted octanol–water partition coefficient (Wildman–Crippen LogP) is 3.71. The van der Waals surface area contributed by atoms with E-state index in [9.17, 15) is 4.79 Å². The molecule has 29 heavy (non-hydrogen) atoms. The van der Waals surface area contributed by atoms with Gasteiger partial charge in [-0.2, -0.15) is 0 Å². The van der Waals surface area contributed by atoms with E-state index in [1.54, 1.807) is 16.2 Å². The summed E-state index contributed by atoms with van der Waals surface area (Å²) in [4.78, 5) is 25.0. The number of rotatable bonds is 4. The summed E-state index contributed by atoms with van der Waals surface area (Å²) in [6.45, 7) is 8.83. The van der Waals surface area contributed by atoms with E-state index < -0.39 is 5.60 Å². The third-order valence-corrected chi connectivity index (χ3v) is 5.51. The van der Waals surface area contributed by atoms with Crippen LogP contribution in [0.25, 0.3) is 10.2 Å². The van der Waals surface area contributed by atoms with E-state index in [0.717, 1.165) is 23.4 Å². The minimum absolute atomic E-state index is 0. The number of aliphatic imine (C=N–C) groups is 1. The Balaban J connectivity index is 0.00000300. The Morgan fingerprint density at radius 2 is 1.86 bits per heavy atom. The van der Waals surface area contributed by atoms with E-state index in [-0.39, 0.29) is 30.1 Å². The number of nitrogens with zero attached hydrogens (tertiary/aromatic N) is 4. The largest absolute Gasteiger partial charge is 0.444 e. The molecule has 0 bridgehead atoms. The van der Waals surface area contributed by atoms with Gasteiger partial charge in [0.15, 0.2) is 5.96 Å². The molecule has 1 aliphatic heterocycles. The molecule has 0 spiro atoms. The summed E-state index contributed by atoms with van der Waals surface area (Å²) < 4.78 is 6.64. The van der Waals surface area contributed by atoms with Crippen LogP contribution in [-0.2, 0) is 11.2 Å². The molecule has 0 unspecified atom stereocenters. The third kappa shape index (κ3) is 6.98. The van der Waals surface area contributed by atoms with E-state index in [2.05, 4.69) is 16.0 Å². The van der Waals surface area contributed by atoms with E-state index in [4.69, 9.17) is 10.5 Å². The molecule has 1 amide bonds. The number of thiazole rings is 1. The van der Waals surface area contributed by atoms with Crippen LogP contribution in [0.4, 0.5) is 4.79 Å². The number of hydrogen-bond acceptors (Lipinski definition) is 5. The summed E-state index contributed by atoms with van der Waals surface area (Å²) in [7, 11) is 0. The summed E-state index contributed by atoms with van der Waals surface area (Å²) in [6, 6.07) is 8.20. The zero-order valence-corrected chi connectivity index (χ0v) is 20.4. The van der Waals surface area contributed by atoms with Crippen molar-refractivity contribution >= 4 is 57.6 Å². The number of halogens is 1. The Bertz CT molecular complexity index is 808. The minimum atomic E-state index is -0.474. The Labute approximate surface area is 193 Å². The van der Waals surface area contributed by atoms with Crippen molar-refractivity contribution in [3.63, 3.8) is 0 Å². The molecular formula is C20H30IN5O2S. The summed E-state index contributed by atoms with van der Waals surface area (Å²) in [5.74, 6) is 0.549. The van der Waals surface area contributed by atoms with Crippen molar-refractivity contribution in [3.05, 3.63) is 29.3 Å². The van der Waals surface area contributed by atoms with Gasteiger partial charge >= 0.3 is 6.09 Å². The van der Waals surface area contributed by atoms with Crippen LogP contribution in [0.3, 0.4) is 0 Å². The number of aromatic nitrogens is 1. The van der Waals surface area contributed by atoms with Gasteiger partial charge in [0.05, 0.1) is 15.2 Å². The molecule has 0 atom stereocenters. The third-order valence-electron chi connectivity index (χ3n) is 4.42. The molecule has 0 radical (unpaired) electrons. The number of carbonyl (C=O) groups is 1. The van der Waals surface area contributed by atoms with Crippen LogP contribution in [0.15, 0.2) is 29.3 Å². The number of aryl methyl sites for hydroxylation is 1. The fourth-order valence-corrected chi connectivity index (χ4v) is 4.00. The number of fused-ring (bicyclic) bond motifs is 1. The van der Waals surface area contributed by atoms with E-state index in [0.29, 0.717) is 38.7 Å². The standard InChI is InChI=1S/C20H29N5O2S.HI/c1-20(2,3)27-19(26)25-13-11-24(12-14-25)18(21)22-10-6-9-17-23-15-7-4-5-8-16(15)28-17;/h4-5,7-8H,6,9-14H2,1-3H3,(H2,21,22);1H. The van der Waals surface area contributed by atoms with Gasteiger partial charge in [-0.15, -0.1) is 35.3 Å². The number of piperazine rings is 1. The lowest BCUT2D eigenvalue weighted by Gasteiger charge is -2.36.